The molecule has 0 saturated carbocycles. The molecule has 0 unspecified atom stereocenters. The van der Waals surface area contributed by atoms with Gasteiger partial charge in [-0.3, -0.25) is 4.90 Å². The molecule has 0 aliphatic carbocycles. The molecule has 1 aliphatic rings. The average Bonchev–Trinajstić information content (AvgIpc) is 2.11. The van der Waals surface area contributed by atoms with Crippen molar-refractivity contribution in [1.82, 2.24) is 4.90 Å². The van der Waals surface area contributed by atoms with Crippen LogP contribution in [0.15, 0.2) is 28.7 Å². The number of hydrogen-bond donors (Lipinski definition) is 0. The summed E-state index contributed by atoms with van der Waals surface area (Å²) < 4.78 is 1.16. The maximum atomic E-state index is 3.46. The Morgan fingerprint density at radius 2 is 1.75 bits per heavy atom. The molecule has 0 radical (unpaired) electrons. The van der Waals surface area contributed by atoms with Gasteiger partial charge in [-0.05, 0) is 29.0 Å². The van der Waals surface area contributed by atoms with E-state index >= 15 is 0 Å². The second-order valence-electron chi connectivity index (χ2n) is 5.88. The third-order valence-corrected chi connectivity index (χ3v) is 4.03. The van der Waals surface area contributed by atoms with Crippen LogP contribution in [0.3, 0.4) is 0 Å². The molecule has 0 spiro atoms. The summed E-state index contributed by atoms with van der Waals surface area (Å²) in [7, 11) is 0. The van der Waals surface area contributed by atoms with Gasteiger partial charge in [0.25, 0.3) is 0 Å². The number of nitrogens with zero attached hydrogens (tertiary/aromatic N) is 1. The van der Waals surface area contributed by atoms with Crippen molar-refractivity contribution >= 4 is 15.9 Å². The van der Waals surface area contributed by atoms with E-state index in [1.54, 1.807) is 0 Å². The van der Waals surface area contributed by atoms with Crippen LogP contribution in [0.5, 0.6) is 0 Å². The summed E-state index contributed by atoms with van der Waals surface area (Å²) in [4.78, 5) is 2.53. The zero-order chi connectivity index (χ0) is 11.8. The minimum absolute atomic E-state index is 0.468. The van der Waals surface area contributed by atoms with Crippen LogP contribution < -0.4 is 0 Å². The summed E-state index contributed by atoms with van der Waals surface area (Å²) in [6.45, 7) is 10.6. The highest BCUT2D eigenvalue weighted by atomic mass is 79.9. The Morgan fingerprint density at radius 3 is 2.25 bits per heavy atom. The summed E-state index contributed by atoms with van der Waals surface area (Å²) in [5, 5.41) is 0. The topological polar surface area (TPSA) is 3.24 Å². The number of benzene rings is 1. The molecule has 1 aliphatic heterocycles. The molecule has 2 heteroatoms. The lowest BCUT2D eigenvalue weighted by molar-refractivity contribution is 0.0189. The summed E-state index contributed by atoms with van der Waals surface area (Å²) in [6.07, 6.45) is 0. The normalized spacial score (nSPS) is 18.5. The highest BCUT2D eigenvalue weighted by Gasteiger charge is 2.35. The third-order valence-electron chi connectivity index (χ3n) is 3.50. The summed E-state index contributed by atoms with van der Waals surface area (Å²) in [6, 6.07) is 8.65. The first-order chi connectivity index (χ1) is 7.45. The van der Waals surface area contributed by atoms with E-state index in [9.17, 15) is 0 Å². The van der Waals surface area contributed by atoms with Crippen molar-refractivity contribution in [1.29, 1.82) is 0 Å². The van der Waals surface area contributed by atoms with Gasteiger partial charge in [0.15, 0.2) is 0 Å². The summed E-state index contributed by atoms with van der Waals surface area (Å²) >= 11 is 3.46. The molecule has 2 rings (SSSR count). The molecule has 0 N–H and O–H groups in total. The van der Waals surface area contributed by atoms with E-state index in [4.69, 9.17) is 0 Å². The first-order valence-electron chi connectivity index (χ1n) is 5.92. The zero-order valence-electron chi connectivity index (χ0n) is 10.3. The van der Waals surface area contributed by atoms with Crippen LogP contribution in [0.1, 0.15) is 26.3 Å². The Bertz CT molecular complexity index is 344. The summed E-state index contributed by atoms with van der Waals surface area (Å²) in [5.41, 5.74) is 1.88. The molecule has 1 nitrogen and oxygen atoms in total. The van der Waals surface area contributed by atoms with Crippen LogP contribution in [-0.4, -0.2) is 18.0 Å². The third kappa shape index (κ3) is 2.86. The van der Waals surface area contributed by atoms with Crippen molar-refractivity contribution in [2.24, 2.45) is 11.3 Å². The SMILES string of the molecule is CC(C)(C)C1CN(Cc2ccc(Br)cc2)C1. The maximum Gasteiger partial charge on any atom is 0.0234 e. The van der Waals surface area contributed by atoms with E-state index in [1.807, 2.05) is 0 Å². The highest BCUT2D eigenvalue weighted by molar-refractivity contribution is 9.10. The lowest BCUT2D eigenvalue weighted by Gasteiger charge is -2.46. The van der Waals surface area contributed by atoms with Crippen LogP contribution in [0.4, 0.5) is 0 Å². The number of rotatable bonds is 2. The molecule has 1 saturated heterocycles. The molecule has 0 atom stereocenters. The smallest absolute Gasteiger partial charge is 0.0234 e. The lowest BCUT2D eigenvalue weighted by atomic mass is 9.76. The number of likely N-dealkylation sites (tertiary alicyclic amines) is 1. The van der Waals surface area contributed by atoms with Gasteiger partial charge < -0.3 is 0 Å². The first-order valence-corrected chi connectivity index (χ1v) is 6.71. The van der Waals surface area contributed by atoms with Crippen molar-refractivity contribution in [3.63, 3.8) is 0 Å². The molecule has 0 amide bonds. The van der Waals surface area contributed by atoms with Gasteiger partial charge in [0.1, 0.15) is 0 Å². The van der Waals surface area contributed by atoms with E-state index < -0.39 is 0 Å². The van der Waals surface area contributed by atoms with Crippen molar-refractivity contribution in [3.05, 3.63) is 34.3 Å². The largest absolute Gasteiger partial charge is 0.298 e. The average molecular weight is 282 g/mol. The molecule has 1 aromatic carbocycles. The summed E-state index contributed by atoms with van der Waals surface area (Å²) in [5.74, 6) is 0.864. The van der Waals surface area contributed by atoms with Gasteiger partial charge in [-0.1, -0.05) is 48.8 Å². The predicted octanol–water partition coefficient (Wildman–Crippen LogP) is 3.93. The minimum atomic E-state index is 0.468. The quantitative estimate of drug-likeness (QED) is 0.794. The second-order valence-corrected chi connectivity index (χ2v) is 6.80. The van der Waals surface area contributed by atoms with Crippen LogP contribution in [0, 0.1) is 11.3 Å². The fourth-order valence-electron chi connectivity index (χ4n) is 2.09. The van der Waals surface area contributed by atoms with E-state index in [-0.39, 0.29) is 0 Å². The maximum absolute atomic E-state index is 3.46. The van der Waals surface area contributed by atoms with Gasteiger partial charge in [0.05, 0.1) is 0 Å². The lowest BCUT2D eigenvalue weighted by Crippen LogP contribution is -2.51. The van der Waals surface area contributed by atoms with Gasteiger partial charge in [-0.2, -0.15) is 0 Å². The molecule has 16 heavy (non-hydrogen) atoms. The predicted molar refractivity (Wildman–Crippen MR) is 72.4 cm³/mol. The Balaban J connectivity index is 1.84. The molecular weight excluding hydrogens is 262 g/mol. The van der Waals surface area contributed by atoms with E-state index in [0.29, 0.717) is 5.41 Å². The van der Waals surface area contributed by atoms with Gasteiger partial charge in [0.2, 0.25) is 0 Å². The van der Waals surface area contributed by atoms with E-state index in [1.165, 1.54) is 18.7 Å². The first kappa shape index (κ1) is 12.1. The van der Waals surface area contributed by atoms with Crippen LogP contribution in [-0.2, 0) is 6.54 Å². The van der Waals surface area contributed by atoms with Gasteiger partial charge in [0, 0.05) is 24.1 Å². The Hall–Kier alpha value is -0.340. The molecule has 88 valence electrons. The molecule has 0 bridgehead atoms. The standard InChI is InChI=1S/C14H20BrN/c1-14(2,3)12-9-16(10-12)8-11-4-6-13(15)7-5-11/h4-7,12H,8-10H2,1-3H3. The minimum Gasteiger partial charge on any atom is -0.298 e. The Kier molecular flexibility index (Phi) is 3.41. The molecular formula is C14H20BrN. The number of halogens is 1. The van der Waals surface area contributed by atoms with Crippen LogP contribution in [0.25, 0.3) is 0 Å². The van der Waals surface area contributed by atoms with Crippen molar-refractivity contribution < 1.29 is 0 Å². The van der Waals surface area contributed by atoms with Gasteiger partial charge >= 0.3 is 0 Å². The zero-order valence-corrected chi connectivity index (χ0v) is 11.9. The van der Waals surface area contributed by atoms with Crippen molar-refractivity contribution in [3.8, 4) is 0 Å². The van der Waals surface area contributed by atoms with Gasteiger partial charge in [-0.25, -0.2) is 0 Å². The van der Waals surface area contributed by atoms with Crippen LogP contribution in [0.2, 0.25) is 0 Å². The van der Waals surface area contributed by atoms with E-state index in [2.05, 4.69) is 65.9 Å². The fraction of sp³-hybridized carbons (Fsp3) is 0.571. The van der Waals surface area contributed by atoms with E-state index in [0.717, 1.165) is 16.9 Å². The molecule has 1 aromatic rings. The molecule has 0 aromatic heterocycles. The highest BCUT2D eigenvalue weighted by Crippen LogP contribution is 2.34. The Morgan fingerprint density at radius 1 is 1.19 bits per heavy atom. The molecule has 1 heterocycles. The molecule has 1 fully saturated rings. The Labute approximate surface area is 107 Å². The fourth-order valence-corrected chi connectivity index (χ4v) is 2.36. The second kappa shape index (κ2) is 4.50. The van der Waals surface area contributed by atoms with Crippen molar-refractivity contribution in [2.45, 2.75) is 27.3 Å². The van der Waals surface area contributed by atoms with Crippen molar-refractivity contribution in [2.75, 3.05) is 13.1 Å². The van der Waals surface area contributed by atoms with Crippen LogP contribution >= 0.6 is 15.9 Å². The van der Waals surface area contributed by atoms with Gasteiger partial charge in [-0.15, -0.1) is 0 Å². The number of hydrogen-bond acceptors (Lipinski definition) is 1. The monoisotopic (exact) mass is 281 g/mol.